The first-order valence-electron chi connectivity index (χ1n) is 7.47. The van der Waals surface area contributed by atoms with Crippen molar-refractivity contribution in [3.05, 3.63) is 52.3 Å². The Bertz CT molecular complexity index is 887. The lowest BCUT2D eigenvalue weighted by Crippen LogP contribution is -2.37. The van der Waals surface area contributed by atoms with Crippen LogP contribution in [0.5, 0.6) is 0 Å². The Balaban J connectivity index is 1.96. The van der Waals surface area contributed by atoms with E-state index < -0.39 is 15.8 Å². The number of anilines is 2. The number of halogens is 3. The van der Waals surface area contributed by atoms with E-state index in [2.05, 4.69) is 4.72 Å². The van der Waals surface area contributed by atoms with Gasteiger partial charge in [0.25, 0.3) is 10.0 Å². The molecule has 5 nitrogen and oxygen atoms in total. The molecule has 0 aromatic heterocycles. The van der Waals surface area contributed by atoms with Gasteiger partial charge in [-0.3, -0.25) is 4.72 Å². The van der Waals surface area contributed by atoms with Gasteiger partial charge in [0.1, 0.15) is 5.82 Å². The molecule has 1 N–H and O–H groups in total. The summed E-state index contributed by atoms with van der Waals surface area (Å²) in [6.45, 7) is 2.26. The third-order valence-corrected chi connectivity index (χ3v) is 5.72. The molecule has 0 amide bonds. The van der Waals surface area contributed by atoms with E-state index in [9.17, 15) is 12.8 Å². The number of benzene rings is 2. The summed E-state index contributed by atoms with van der Waals surface area (Å²) >= 11 is 12.0. The van der Waals surface area contributed by atoms with Crippen molar-refractivity contribution in [1.82, 2.24) is 0 Å². The van der Waals surface area contributed by atoms with Crippen LogP contribution in [0, 0.1) is 5.82 Å². The minimum atomic E-state index is -3.95. The zero-order valence-electron chi connectivity index (χ0n) is 13.0. The van der Waals surface area contributed by atoms with Gasteiger partial charge in [0, 0.05) is 13.1 Å². The fourth-order valence-corrected chi connectivity index (χ4v) is 4.19. The molecule has 2 aromatic carbocycles. The highest BCUT2D eigenvalue weighted by atomic mass is 35.5. The molecule has 25 heavy (non-hydrogen) atoms. The average molecular weight is 405 g/mol. The van der Waals surface area contributed by atoms with Gasteiger partial charge in [-0.15, -0.1) is 0 Å². The number of para-hydroxylation sites is 1. The van der Waals surface area contributed by atoms with E-state index in [4.69, 9.17) is 27.9 Å². The molecule has 0 saturated carbocycles. The molecule has 9 heteroatoms. The number of hydrogen-bond acceptors (Lipinski definition) is 4. The fraction of sp³-hybridized carbons (Fsp3) is 0.250. The molecule has 2 aromatic rings. The van der Waals surface area contributed by atoms with Crippen LogP contribution < -0.4 is 9.62 Å². The topological polar surface area (TPSA) is 58.6 Å². The van der Waals surface area contributed by atoms with E-state index in [0.717, 1.165) is 18.2 Å². The number of rotatable bonds is 4. The van der Waals surface area contributed by atoms with Gasteiger partial charge in [0.2, 0.25) is 0 Å². The summed E-state index contributed by atoms with van der Waals surface area (Å²) in [7, 11) is -3.95. The molecule has 1 aliphatic rings. The van der Waals surface area contributed by atoms with Crippen molar-refractivity contribution in [1.29, 1.82) is 0 Å². The fourth-order valence-electron chi connectivity index (χ4n) is 2.55. The van der Waals surface area contributed by atoms with Crippen LogP contribution in [0.3, 0.4) is 0 Å². The number of nitrogens with zero attached hydrogens (tertiary/aromatic N) is 1. The lowest BCUT2D eigenvalue weighted by Gasteiger charge is -2.31. The largest absolute Gasteiger partial charge is 0.378 e. The van der Waals surface area contributed by atoms with Gasteiger partial charge in [0.05, 0.1) is 39.5 Å². The monoisotopic (exact) mass is 404 g/mol. The second-order valence-electron chi connectivity index (χ2n) is 5.42. The molecule has 0 spiro atoms. The van der Waals surface area contributed by atoms with Gasteiger partial charge in [-0.05, 0) is 30.3 Å². The highest BCUT2D eigenvalue weighted by Crippen LogP contribution is 2.35. The Morgan fingerprint density at radius 1 is 1.08 bits per heavy atom. The van der Waals surface area contributed by atoms with Crippen molar-refractivity contribution in [2.24, 2.45) is 0 Å². The summed E-state index contributed by atoms with van der Waals surface area (Å²) < 4.78 is 46.4. The maximum atomic E-state index is 13.3. The lowest BCUT2D eigenvalue weighted by molar-refractivity contribution is 0.123. The van der Waals surface area contributed by atoms with Gasteiger partial charge < -0.3 is 9.64 Å². The van der Waals surface area contributed by atoms with Crippen molar-refractivity contribution in [2.45, 2.75) is 4.90 Å². The first-order valence-corrected chi connectivity index (χ1v) is 9.71. The van der Waals surface area contributed by atoms with Crippen molar-refractivity contribution in [2.75, 3.05) is 35.9 Å². The van der Waals surface area contributed by atoms with E-state index in [1.807, 2.05) is 4.90 Å². The molecule has 134 valence electrons. The van der Waals surface area contributed by atoms with Crippen molar-refractivity contribution < 1.29 is 17.5 Å². The van der Waals surface area contributed by atoms with E-state index in [1.165, 1.54) is 0 Å². The van der Waals surface area contributed by atoms with Crippen molar-refractivity contribution in [3.63, 3.8) is 0 Å². The van der Waals surface area contributed by atoms with E-state index in [1.54, 1.807) is 18.2 Å². The third kappa shape index (κ3) is 4.00. The number of nitrogens with one attached hydrogen (secondary N) is 1. The highest BCUT2D eigenvalue weighted by molar-refractivity contribution is 7.92. The zero-order chi connectivity index (χ0) is 18.0. The van der Waals surface area contributed by atoms with Crippen molar-refractivity contribution >= 4 is 44.6 Å². The Morgan fingerprint density at radius 3 is 2.48 bits per heavy atom. The maximum Gasteiger partial charge on any atom is 0.262 e. The first kappa shape index (κ1) is 18.3. The predicted molar refractivity (Wildman–Crippen MR) is 96.7 cm³/mol. The predicted octanol–water partition coefficient (Wildman–Crippen LogP) is 3.77. The second kappa shape index (κ2) is 7.37. The number of ether oxygens (including phenoxy) is 1. The summed E-state index contributed by atoms with van der Waals surface area (Å²) in [5.41, 5.74) is 0.930. The summed E-state index contributed by atoms with van der Waals surface area (Å²) in [6.07, 6.45) is 0. The molecule has 1 fully saturated rings. The summed E-state index contributed by atoms with van der Waals surface area (Å²) in [4.78, 5) is 1.83. The molecule has 1 saturated heterocycles. The molecular weight excluding hydrogens is 390 g/mol. The Labute approximate surface area is 155 Å². The Hall–Kier alpha value is -1.54. The number of morpholine rings is 1. The zero-order valence-corrected chi connectivity index (χ0v) is 15.3. The maximum absolute atomic E-state index is 13.3. The second-order valence-corrected chi connectivity index (χ2v) is 7.91. The first-order chi connectivity index (χ1) is 11.9. The molecule has 0 bridgehead atoms. The normalized spacial score (nSPS) is 15.2. The third-order valence-electron chi connectivity index (χ3n) is 3.76. The average Bonchev–Trinajstić information content (AvgIpc) is 2.58. The van der Waals surface area contributed by atoms with Gasteiger partial charge in [-0.25, -0.2) is 12.8 Å². The molecule has 0 atom stereocenters. The Kier molecular flexibility index (Phi) is 5.38. The van der Waals surface area contributed by atoms with Crippen LogP contribution in [-0.4, -0.2) is 34.7 Å². The minimum Gasteiger partial charge on any atom is -0.378 e. The molecule has 0 radical (unpaired) electrons. The number of hydrogen-bond donors (Lipinski definition) is 1. The summed E-state index contributed by atoms with van der Waals surface area (Å²) in [6, 6.07) is 8.21. The molecule has 0 unspecified atom stereocenters. The van der Waals surface area contributed by atoms with Gasteiger partial charge in [-0.2, -0.15) is 0 Å². The van der Waals surface area contributed by atoms with Crippen LogP contribution in [0.25, 0.3) is 0 Å². The van der Waals surface area contributed by atoms with Crippen molar-refractivity contribution in [3.8, 4) is 0 Å². The van der Waals surface area contributed by atoms with Gasteiger partial charge in [0.15, 0.2) is 0 Å². The smallest absolute Gasteiger partial charge is 0.262 e. The van der Waals surface area contributed by atoms with Gasteiger partial charge in [-0.1, -0.05) is 29.3 Å². The SMILES string of the molecule is O=S(=O)(Nc1cccc(Cl)c1N1CCOCC1)c1ccc(F)c(Cl)c1. The van der Waals surface area contributed by atoms with E-state index >= 15 is 0 Å². The quantitative estimate of drug-likeness (QED) is 0.842. The Morgan fingerprint density at radius 2 is 1.80 bits per heavy atom. The van der Waals surface area contributed by atoms with Crippen LogP contribution in [0.4, 0.5) is 15.8 Å². The number of sulfonamides is 1. The highest BCUT2D eigenvalue weighted by Gasteiger charge is 2.22. The molecular formula is C16H15Cl2FN2O3S. The molecule has 1 aliphatic heterocycles. The molecule has 0 aliphatic carbocycles. The molecule has 1 heterocycles. The van der Waals surface area contributed by atoms with E-state index in [0.29, 0.717) is 42.7 Å². The standard InChI is InChI=1S/C16H15Cl2FN2O3S/c17-12-2-1-3-15(16(12)21-6-8-24-9-7-21)20-25(22,23)11-4-5-14(19)13(18)10-11/h1-5,10,20H,6-9H2. The van der Waals surface area contributed by atoms with Crippen LogP contribution in [0.2, 0.25) is 10.0 Å². The molecule has 3 rings (SSSR count). The lowest BCUT2D eigenvalue weighted by atomic mass is 10.2. The van der Waals surface area contributed by atoms with Crippen LogP contribution >= 0.6 is 23.2 Å². The van der Waals surface area contributed by atoms with Crippen LogP contribution in [0.1, 0.15) is 0 Å². The summed E-state index contributed by atoms with van der Waals surface area (Å²) in [5, 5.41) is 0.168. The summed E-state index contributed by atoms with van der Waals surface area (Å²) in [5.74, 6) is -0.683. The van der Waals surface area contributed by atoms with Gasteiger partial charge >= 0.3 is 0 Å². The van der Waals surface area contributed by atoms with Crippen LogP contribution in [-0.2, 0) is 14.8 Å². The van der Waals surface area contributed by atoms with E-state index in [-0.39, 0.29) is 9.92 Å². The minimum absolute atomic E-state index is 0.133. The van der Waals surface area contributed by atoms with Crippen LogP contribution in [0.15, 0.2) is 41.3 Å².